The van der Waals surface area contributed by atoms with E-state index in [4.69, 9.17) is 4.55 Å². The Kier molecular flexibility index (Phi) is 3.92. The van der Waals surface area contributed by atoms with E-state index in [-0.39, 0.29) is 27.8 Å². The molecule has 0 atom stereocenters. The fourth-order valence-electron chi connectivity index (χ4n) is 2.21. The van der Waals surface area contributed by atoms with Gasteiger partial charge in [-0.25, -0.2) is 0 Å². The van der Waals surface area contributed by atoms with Crippen molar-refractivity contribution in [1.82, 2.24) is 0 Å². The SMILES string of the molecule is O=S(=O)(O)c1cccc(N=Nc2ccc3c(O)cccc3c2O)c1. The monoisotopic (exact) mass is 344 g/mol. The molecule has 0 bridgehead atoms. The van der Waals surface area contributed by atoms with Gasteiger partial charge in [-0.1, -0.05) is 18.2 Å². The fraction of sp³-hybridized carbons (Fsp3) is 0. The molecule has 0 saturated carbocycles. The lowest BCUT2D eigenvalue weighted by Gasteiger charge is -2.05. The Morgan fingerprint density at radius 3 is 2.33 bits per heavy atom. The third-order valence-corrected chi connectivity index (χ3v) is 4.23. The molecule has 0 heterocycles. The maximum atomic E-state index is 11.1. The van der Waals surface area contributed by atoms with E-state index in [2.05, 4.69) is 10.2 Å². The first-order chi connectivity index (χ1) is 11.4. The first-order valence-corrected chi connectivity index (χ1v) is 8.23. The van der Waals surface area contributed by atoms with Gasteiger partial charge in [0.05, 0.1) is 10.6 Å². The van der Waals surface area contributed by atoms with Gasteiger partial charge in [0.2, 0.25) is 0 Å². The van der Waals surface area contributed by atoms with Crippen LogP contribution in [0, 0.1) is 0 Å². The quantitative estimate of drug-likeness (QED) is 0.491. The second-order valence-electron chi connectivity index (χ2n) is 4.98. The lowest BCUT2D eigenvalue weighted by Crippen LogP contribution is -1.96. The number of aromatic hydroxyl groups is 2. The van der Waals surface area contributed by atoms with Crippen LogP contribution in [0.2, 0.25) is 0 Å². The molecule has 0 fully saturated rings. The van der Waals surface area contributed by atoms with Crippen LogP contribution in [0.1, 0.15) is 0 Å². The lowest BCUT2D eigenvalue weighted by molar-refractivity contribution is 0.476. The summed E-state index contributed by atoms with van der Waals surface area (Å²) in [5.41, 5.74) is 0.353. The van der Waals surface area contributed by atoms with Crippen LogP contribution in [-0.4, -0.2) is 23.2 Å². The molecule has 0 amide bonds. The molecule has 0 unspecified atom stereocenters. The summed E-state index contributed by atoms with van der Waals surface area (Å²) in [5.74, 6) is -0.120. The van der Waals surface area contributed by atoms with Gasteiger partial charge >= 0.3 is 0 Å². The van der Waals surface area contributed by atoms with Crippen molar-refractivity contribution in [1.29, 1.82) is 0 Å². The van der Waals surface area contributed by atoms with E-state index >= 15 is 0 Å². The van der Waals surface area contributed by atoms with Crippen molar-refractivity contribution in [3.63, 3.8) is 0 Å². The smallest absolute Gasteiger partial charge is 0.294 e. The standard InChI is InChI=1S/C16H12N2O5S/c19-15-6-2-5-13-12(15)7-8-14(16(13)20)18-17-10-3-1-4-11(9-10)24(21,22)23/h1-9,19-20H,(H,21,22,23). The largest absolute Gasteiger partial charge is 0.507 e. The normalized spacial score (nSPS) is 12.0. The number of azo groups is 1. The van der Waals surface area contributed by atoms with Gasteiger partial charge in [-0.3, -0.25) is 4.55 Å². The number of nitrogens with zero attached hydrogens (tertiary/aromatic N) is 2. The summed E-state index contributed by atoms with van der Waals surface area (Å²) in [5, 5.41) is 28.6. The summed E-state index contributed by atoms with van der Waals surface area (Å²) in [4.78, 5) is -0.299. The van der Waals surface area contributed by atoms with Crippen molar-refractivity contribution in [3.8, 4) is 11.5 Å². The molecule has 8 heteroatoms. The summed E-state index contributed by atoms with van der Waals surface area (Å²) >= 11 is 0. The summed E-state index contributed by atoms with van der Waals surface area (Å²) < 4.78 is 31.2. The number of hydrogen-bond donors (Lipinski definition) is 3. The van der Waals surface area contributed by atoms with Crippen LogP contribution in [0.25, 0.3) is 10.8 Å². The van der Waals surface area contributed by atoms with Gasteiger partial charge in [-0.2, -0.15) is 13.5 Å². The highest BCUT2D eigenvalue weighted by atomic mass is 32.2. The Labute approximate surface area is 137 Å². The molecular weight excluding hydrogens is 332 g/mol. The van der Waals surface area contributed by atoms with Crippen LogP contribution in [0.5, 0.6) is 11.5 Å². The number of rotatable bonds is 3. The molecule has 24 heavy (non-hydrogen) atoms. The maximum absolute atomic E-state index is 11.1. The van der Waals surface area contributed by atoms with Crippen LogP contribution in [0.3, 0.4) is 0 Å². The predicted molar refractivity (Wildman–Crippen MR) is 87.7 cm³/mol. The van der Waals surface area contributed by atoms with Gasteiger partial charge in [0.25, 0.3) is 10.1 Å². The van der Waals surface area contributed by atoms with Gasteiger partial charge < -0.3 is 10.2 Å². The van der Waals surface area contributed by atoms with Crippen molar-refractivity contribution in [2.45, 2.75) is 4.90 Å². The molecule has 0 saturated heterocycles. The Hall–Kier alpha value is -2.97. The fourth-order valence-corrected chi connectivity index (χ4v) is 2.73. The van der Waals surface area contributed by atoms with Crippen molar-refractivity contribution in [2.24, 2.45) is 10.2 Å². The Morgan fingerprint density at radius 2 is 1.58 bits per heavy atom. The van der Waals surface area contributed by atoms with Crippen molar-refractivity contribution in [2.75, 3.05) is 0 Å². The molecule has 0 spiro atoms. The minimum Gasteiger partial charge on any atom is -0.507 e. The van der Waals surface area contributed by atoms with Crippen molar-refractivity contribution >= 4 is 32.3 Å². The van der Waals surface area contributed by atoms with Gasteiger partial charge in [-0.05, 0) is 36.4 Å². The van der Waals surface area contributed by atoms with E-state index in [9.17, 15) is 18.6 Å². The van der Waals surface area contributed by atoms with Gasteiger partial charge in [-0.15, -0.1) is 5.11 Å². The van der Waals surface area contributed by atoms with E-state index in [1.54, 1.807) is 18.2 Å². The van der Waals surface area contributed by atoms with Crippen molar-refractivity contribution < 1.29 is 23.2 Å². The number of phenols is 2. The average Bonchev–Trinajstić information content (AvgIpc) is 2.54. The van der Waals surface area contributed by atoms with Crippen LogP contribution >= 0.6 is 0 Å². The Bertz CT molecular complexity index is 1060. The summed E-state index contributed by atoms with van der Waals surface area (Å²) in [7, 11) is -4.33. The molecule has 0 aliphatic heterocycles. The van der Waals surface area contributed by atoms with E-state index in [0.717, 1.165) is 6.07 Å². The molecule has 3 rings (SSSR count). The van der Waals surface area contributed by atoms with Crippen molar-refractivity contribution in [3.05, 3.63) is 54.6 Å². The third-order valence-electron chi connectivity index (χ3n) is 3.38. The summed E-state index contributed by atoms with van der Waals surface area (Å²) in [6.45, 7) is 0. The van der Waals surface area contributed by atoms with E-state index < -0.39 is 10.1 Å². The van der Waals surface area contributed by atoms with Crippen LogP contribution < -0.4 is 0 Å². The zero-order valence-corrected chi connectivity index (χ0v) is 13.0. The molecule has 0 radical (unpaired) electrons. The van der Waals surface area contributed by atoms with Gasteiger partial charge in [0, 0.05) is 10.8 Å². The second kappa shape index (κ2) is 5.91. The molecule has 0 aliphatic rings. The summed E-state index contributed by atoms with van der Waals surface area (Å²) in [6, 6.07) is 13.1. The molecule has 122 valence electrons. The van der Waals surface area contributed by atoms with E-state index in [0.29, 0.717) is 10.8 Å². The molecule has 7 nitrogen and oxygen atoms in total. The molecule has 3 aromatic rings. The molecular formula is C16H12N2O5S. The molecule has 3 aromatic carbocycles. The first kappa shape index (κ1) is 15.9. The maximum Gasteiger partial charge on any atom is 0.294 e. The van der Waals surface area contributed by atoms with Crippen LogP contribution in [-0.2, 0) is 10.1 Å². The minimum atomic E-state index is -4.33. The topological polar surface area (TPSA) is 120 Å². The number of benzene rings is 3. The number of fused-ring (bicyclic) bond motifs is 1. The highest BCUT2D eigenvalue weighted by Crippen LogP contribution is 2.38. The number of phenolic OH excluding ortho intramolecular Hbond substituents is 2. The second-order valence-corrected chi connectivity index (χ2v) is 6.40. The highest BCUT2D eigenvalue weighted by Gasteiger charge is 2.10. The lowest BCUT2D eigenvalue weighted by atomic mass is 10.1. The molecule has 3 N–H and O–H groups in total. The third kappa shape index (κ3) is 3.05. The van der Waals surface area contributed by atoms with Crippen LogP contribution in [0.15, 0.2) is 69.7 Å². The average molecular weight is 344 g/mol. The van der Waals surface area contributed by atoms with Crippen LogP contribution in [0.4, 0.5) is 11.4 Å². The highest BCUT2D eigenvalue weighted by molar-refractivity contribution is 7.85. The zero-order chi connectivity index (χ0) is 17.3. The zero-order valence-electron chi connectivity index (χ0n) is 12.2. The predicted octanol–water partition coefficient (Wildman–Crippen LogP) is 3.91. The first-order valence-electron chi connectivity index (χ1n) is 6.79. The number of hydrogen-bond acceptors (Lipinski definition) is 6. The van der Waals surface area contributed by atoms with E-state index in [1.807, 2.05) is 0 Å². The van der Waals surface area contributed by atoms with Gasteiger partial charge in [0.1, 0.15) is 11.4 Å². The van der Waals surface area contributed by atoms with E-state index in [1.165, 1.54) is 30.3 Å². The van der Waals surface area contributed by atoms with Gasteiger partial charge in [0.15, 0.2) is 5.75 Å². The summed E-state index contributed by atoms with van der Waals surface area (Å²) in [6.07, 6.45) is 0. The Morgan fingerprint density at radius 1 is 0.833 bits per heavy atom. The Balaban J connectivity index is 2.01. The minimum absolute atomic E-state index is 0.0344. The molecule has 0 aromatic heterocycles. The molecule has 0 aliphatic carbocycles.